The molecule has 0 radical (unpaired) electrons. The quantitative estimate of drug-likeness (QED) is 0.783. The van der Waals surface area contributed by atoms with Crippen molar-refractivity contribution in [3.63, 3.8) is 0 Å². The summed E-state index contributed by atoms with van der Waals surface area (Å²) in [6.45, 7) is 12.0. The van der Waals surface area contributed by atoms with Crippen LogP contribution in [-0.4, -0.2) is 43.3 Å². The van der Waals surface area contributed by atoms with Crippen LogP contribution in [0.15, 0.2) is 12.1 Å². The molecule has 0 aromatic carbocycles. The highest BCUT2D eigenvalue weighted by molar-refractivity contribution is 7.11. The van der Waals surface area contributed by atoms with Gasteiger partial charge in [0.25, 0.3) is 0 Å². The highest BCUT2D eigenvalue weighted by Crippen LogP contribution is 2.14. The van der Waals surface area contributed by atoms with E-state index in [-0.39, 0.29) is 0 Å². The molecule has 1 aliphatic heterocycles. The first-order valence-corrected chi connectivity index (χ1v) is 8.59. The van der Waals surface area contributed by atoms with Crippen molar-refractivity contribution in [3.05, 3.63) is 21.9 Å². The number of nitrogens with zero attached hydrogens (tertiary/aromatic N) is 1. The minimum atomic E-state index is 0.388. The van der Waals surface area contributed by atoms with Crippen molar-refractivity contribution < 1.29 is 4.74 Å². The van der Waals surface area contributed by atoms with E-state index in [2.05, 4.69) is 43.1 Å². The molecule has 114 valence electrons. The minimum Gasteiger partial charge on any atom is -0.373 e. The van der Waals surface area contributed by atoms with Gasteiger partial charge in [-0.05, 0) is 58.8 Å². The lowest BCUT2D eigenvalue weighted by molar-refractivity contribution is -0.0681. The SMILES string of the molecule is Cc1ccc(CNCCCCN2CC(C)OC(C)C2)s1. The Morgan fingerprint density at radius 1 is 1.25 bits per heavy atom. The molecule has 1 fully saturated rings. The smallest absolute Gasteiger partial charge is 0.0678 e. The van der Waals surface area contributed by atoms with Gasteiger partial charge in [0.15, 0.2) is 0 Å². The first-order chi connectivity index (χ1) is 9.63. The second kappa shape index (κ2) is 8.13. The normalized spacial score (nSPS) is 24.1. The Morgan fingerprint density at radius 3 is 2.65 bits per heavy atom. The maximum Gasteiger partial charge on any atom is 0.0678 e. The maximum absolute atomic E-state index is 5.76. The van der Waals surface area contributed by atoms with Crippen LogP contribution in [0.2, 0.25) is 0 Å². The van der Waals surface area contributed by atoms with Gasteiger partial charge in [-0.1, -0.05) is 0 Å². The zero-order valence-electron chi connectivity index (χ0n) is 13.0. The van der Waals surface area contributed by atoms with E-state index in [9.17, 15) is 0 Å². The van der Waals surface area contributed by atoms with Crippen molar-refractivity contribution in [2.24, 2.45) is 0 Å². The maximum atomic E-state index is 5.76. The Balaban J connectivity index is 1.51. The molecule has 0 aliphatic carbocycles. The standard InChI is InChI=1S/C16H28N2OS/c1-13-11-18(12-14(2)19-13)9-5-4-8-17-10-16-7-6-15(3)20-16/h6-7,13-14,17H,4-5,8-12H2,1-3H3. The van der Waals surface area contributed by atoms with E-state index >= 15 is 0 Å². The van der Waals surface area contributed by atoms with Gasteiger partial charge >= 0.3 is 0 Å². The van der Waals surface area contributed by atoms with Gasteiger partial charge in [0, 0.05) is 29.4 Å². The molecule has 0 amide bonds. The van der Waals surface area contributed by atoms with E-state index in [4.69, 9.17) is 4.74 Å². The van der Waals surface area contributed by atoms with Crippen LogP contribution < -0.4 is 5.32 Å². The molecule has 4 heteroatoms. The van der Waals surface area contributed by atoms with Crippen LogP contribution in [0.1, 0.15) is 36.4 Å². The van der Waals surface area contributed by atoms with E-state index in [0.717, 1.165) is 26.2 Å². The van der Waals surface area contributed by atoms with Crippen molar-refractivity contribution in [3.8, 4) is 0 Å². The average Bonchev–Trinajstić information content (AvgIpc) is 2.78. The van der Waals surface area contributed by atoms with Crippen LogP contribution in [-0.2, 0) is 11.3 Å². The summed E-state index contributed by atoms with van der Waals surface area (Å²) in [4.78, 5) is 5.39. The lowest BCUT2D eigenvalue weighted by Gasteiger charge is -2.35. The largest absolute Gasteiger partial charge is 0.373 e. The molecule has 0 bridgehead atoms. The van der Waals surface area contributed by atoms with Gasteiger partial charge in [-0.3, -0.25) is 4.90 Å². The Hall–Kier alpha value is -0.420. The summed E-state index contributed by atoms with van der Waals surface area (Å²) in [7, 11) is 0. The van der Waals surface area contributed by atoms with Crippen molar-refractivity contribution >= 4 is 11.3 Å². The second-order valence-corrected chi connectivity index (χ2v) is 7.29. The summed E-state index contributed by atoms with van der Waals surface area (Å²) in [5.41, 5.74) is 0. The minimum absolute atomic E-state index is 0.388. The Kier molecular flexibility index (Phi) is 6.49. The summed E-state index contributed by atoms with van der Waals surface area (Å²) >= 11 is 1.89. The van der Waals surface area contributed by atoms with Crippen LogP contribution in [0.4, 0.5) is 0 Å². The van der Waals surface area contributed by atoms with Gasteiger partial charge < -0.3 is 10.1 Å². The summed E-state index contributed by atoms with van der Waals surface area (Å²) in [5, 5.41) is 3.54. The predicted octanol–water partition coefficient (Wildman–Crippen LogP) is 3.04. The molecule has 1 aromatic rings. The fourth-order valence-electron chi connectivity index (χ4n) is 2.84. The molecule has 20 heavy (non-hydrogen) atoms. The summed E-state index contributed by atoms with van der Waals surface area (Å²) in [5.74, 6) is 0. The van der Waals surface area contributed by atoms with Crippen LogP contribution in [0.25, 0.3) is 0 Å². The molecule has 3 nitrogen and oxygen atoms in total. The molecule has 1 aromatic heterocycles. The lowest BCUT2D eigenvalue weighted by atomic mass is 10.2. The first kappa shape index (κ1) is 16.0. The van der Waals surface area contributed by atoms with Crippen LogP contribution in [0.3, 0.4) is 0 Å². The topological polar surface area (TPSA) is 24.5 Å². The molecule has 1 saturated heterocycles. The van der Waals surface area contributed by atoms with Gasteiger partial charge in [0.1, 0.15) is 0 Å². The van der Waals surface area contributed by atoms with Crippen LogP contribution >= 0.6 is 11.3 Å². The molecule has 2 rings (SSSR count). The van der Waals surface area contributed by atoms with Crippen molar-refractivity contribution in [2.75, 3.05) is 26.2 Å². The van der Waals surface area contributed by atoms with Crippen molar-refractivity contribution in [1.29, 1.82) is 0 Å². The molecular weight excluding hydrogens is 268 g/mol. The number of ether oxygens (including phenoxy) is 1. The summed E-state index contributed by atoms with van der Waals surface area (Å²) in [6.07, 6.45) is 3.30. The third-order valence-corrected chi connectivity index (χ3v) is 4.67. The third-order valence-electron chi connectivity index (χ3n) is 3.67. The van der Waals surface area contributed by atoms with E-state index < -0.39 is 0 Å². The number of nitrogens with one attached hydrogen (secondary N) is 1. The van der Waals surface area contributed by atoms with Gasteiger partial charge in [0.2, 0.25) is 0 Å². The van der Waals surface area contributed by atoms with Gasteiger partial charge in [-0.2, -0.15) is 0 Å². The fraction of sp³-hybridized carbons (Fsp3) is 0.750. The zero-order valence-corrected chi connectivity index (χ0v) is 13.8. The highest BCUT2D eigenvalue weighted by Gasteiger charge is 2.21. The highest BCUT2D eigenvalue weighted by atomic mass is 32.1. The molecule has 0 saturated carbocycles. The Labute approximate surface area is 127 Å². The van der Waals surface area contributed by atoms with E-state index in [1.165, 1.54) is 29.1 Å². The average molecular weight is 296 g/mol. The second-order valence-electron chi connectivity index (χ2n) is 5.91. The fourth-order valence-corrected chi connectivity index (χ4v) is 3.70. The zero-order chi connectivity index (χ0) is 14.4. The first-order valence-electron chi connectivity index (χ1n) is 7.77. The molecule has 2 unspecified atom stereocenters. The molecule has 1 aliphatic rings. The number of rotatable bonds is 7. The van der Waals surface area contributed by atoms with Gasteiger partial charge in [-0.15, -0.1) is 11.3 Å². The summed E-state index contributed by atoms with van der Waals surface area (Å²) in [6, 6.07) is 4.42. The van der Waals surface area contributed by atoms with E-state index in [0.29, 0.717) is 12.2 Å². The third kappa shape index (κ3) is 5.52. The number of morpholine rings is 1. The Morgan fingerprint density at radius 2 is 2.00 bits per heavy atom. The molecule has 0 spiro atoms. The molecule has 2 heterocycles. The van der Waals surface area contributed by atoms with E-state index in [1.807, 2.05) is 11.3 Å². The number of thiophene rings is 1. The molecule has 2 atom stereocenters. The predicted molar refractivity (Wildman–Crippen MR) is 86.4 cm³/mol. The molecular formula is C16H28N2OS. The summed E-state index contributed by atoms with van der Waals surface area (Å²) < 4.78 is 5.76. The van der Waals surface area contributed by atoms with Crippen LogP contribution in [0.5, 0.6) is 0 Å². The monoisotopic (exact) mass is 296 g/mol. The van der Waals surface area contributed by atoms with Gasteiger partial charge in [-0.25, -0.2) is 0 Å². The van der Waals surface area contributed by atoms with Gasteiger partial charge in [0.05, 0.1) is 12.2 Å². The van der Waals surface area contributed by atoms with Crippen molar-refractivity contribution in [2.45, 2.75) is 52.4 Å². The number of hydrogen-bond acceptors (Lipinski definition) is 4. The van der Waals surface area contributed by atoms with Crippen LogP contribution in [0, 0.1) is 6.92 Å². The van der Waals surface area contributed by atoms with E-state index in [1.54, 1.807) is 0 Å². The number of unbranched alkanes of at least 4 members (excludes halogenated alkanes) is 1. The number of hydrogen-bond donors (Lipinski definition) is 1. The Bertz CT molecular complexity index is 384. The van der Waals surface area contributed by atoms with Crippen molar-refractivity contribution in [1.82, 2.24) is 10.2 Å². The number of aryl methyl sites for hydroxylation is 1. The lowest BCUT2D eigenvalue weighted by Crippen LogP contribution is -2.45. The molecule has 1 N–H and O–H groups in total.